The van der Waals surface area contributed by atoms with Crippen LogP contribution in [0.15, 0.2) is 36.4 Å². The van der Waals surface area contributed by atoms with Crippen molar-refractivity contribution in [3.8, 4) is 0 Å². The van der Waals surface area contributed by atoms with Crippen LogP contribution in [0.2, 0.25) is 0 Å². The molecular formula is C10H9ClFN. The first kappa shape index (κ1) is 9.81. The average Bonchev–Trinajstić information content (AvgIpc) is 2.07. The van der Waals surface area contributed by atoms with Crippen molar-refractivity contribution in [1.29, 1.82) is 0 Å². The van der Waals surface area contributed by atoms with Gasteiger partial charge in [0.25, 0.3) is 0 Å². The average molecular weight is 198 g/mol. The number of rotatable bonds is 0. The molecule has 68 valence electrons. The quantitative estimate of drug-likeness (QED) is 0.646. The lowest BCUT2D eigenvalue weighted by Crippen LogP contribution is -1.86. The first-order chi connectivity index (χ1) is 5.77. The lowest BCUT2D eigenvalue weighted by molar-refractivity contribution is 0.630. The molecular weight excluding hydrogens is 189 g/mol. The van der Waals surface area contributed by atoms with Crippen molar-refractivity contribution in [2.24, 2.45) is 0 Å². The highest BCUT2D eigenvalue weighted by Gasteiger charge is 1.97. The van der Waals surface area contributed by atoms with Gasteiger partial charge in [0.05, 0.1) is 0 Å². The molecule has 0 bridgehead atoms. The van der Waals surface area contributed by atoms with Crippen LogP contribution in [0.3, 0.4) is 0 Å². The maximum Gasteiger partial charge on any atom is 0.123 e. The molecule has 0 amide bonds. The van der Waals surface area contributed by atoms with E-state index >= 15 is 0 Å². The zero-order valence-electron chi connectivity index (χ0n) is 6.83. The molecule has 13 heavy (non-hydrogen) atoms. The van der Waals surface area contributed by atoms with E-state index < -0.39 is 0 Å². The topological polar surface area (TPSA) is 26.0 Å². The van der Waals surface area contributed by atoms with Crippen LogP contribution >= 0.6 is 12.4 Å². The monoisotopic (exact) mass is 197 g/mol. The Kier molecular flexibility index (Phi) is 2.73. The number of fused-ring (bicyclic) bond motifs is 1. The first-order valence-electron chi connectivity index (χ1n) is 3.71. The molecule has 0 aliphatic heterocycles. The van der Waals surface area contributed by atoms with Crippen molar-refractivity contribution in [3.05, 3.63) is 42.2 Å². The number of nitrogen functional groups attached to an aromatic ring is 1. The van der Waals surface area contributed by atoms with Gasteiger partial charge in [-0.25, -0.2) is 4.39 Å². The molecule has 0 spiro atoms. The van der Waals surface area contributed by atoms with E-state index in [1.165, 1.54) is 12.1 Å². The summed E-state index contributed by atoms with van der Waals surface area (Å²) in [5, 5.41) is 1.74. The lowest BCUT2D eigenvalue weighted by Gasteiger charge is -2.00. The van der Waals surface area contributed by atoms with Crippen molar-refractivity contribution in [3.63, 3.8) is 0 Å². The van der Waals surface area contributed by atoms with E-state index in [-0.39, 0.29) is 18.2 Å². The van der Waals surface area contributed by atoms with Crippen LogP contribution in [0.5, 0.6) is 0 Å². The molecule has 0 saturated carbocycles. The molecule has 2 aromatic carbocycles. The predicted octanol–water partition coefficient (Wildman–Crippen LogP) is 2.98. The van der Waals surface area contributed by atoms with E-state index in [1.807, 2.05) is 12.1 Å². The van der Waals surface area contributed by atoms with Gasteiger partial charge < -0.3 is 5.73 Å². The fourth-order valence-corrected chi connectivity index (χ4v) is 1.27. The second kappa shape index (κ2) is 3.62. The molecule has 0 aliphatic carbocycles. The van der Waals surface area contributed by atoms with Crippen LogP contribution in [-0.2, 0) is 0 Å². The Morgan fingerprint density at radius 2 is 1.85 bits per heavy atom. The summed E-state index contributed by atoms with van der Waals surface area (Å²) < 4.78 is 12.8. The van der Waals surface area contributed by atoms with E-state index in [0.29, 0.717) is 5.69 Å². The number of benzene rings is 2. The second-order valence-electron chi connectivity index (χ2n) is 2.71. The Bertz CT molecular complexity index is 428. The van der Waals surface area contributed by atoms with Crippen molar-refractivity contribution < 1.29 is 4.39 Å². The molecule has 0 saturated heterocycles. The third kappa shape index (κ3) is 1.73. The normalized spacial score (nSPS) is 9.62. The molecule has 0 radical (unpaired) electrons. The summed E-state index contributed by atoms with van der Waals surface area (Å²) in [5.74, 6) is -0.250. The van der Waals surface area contributed by atoms with Crippen LogP contribution in [0, 0.1) is 5.82 Å². The predicted molar refractivity (Wildman–Crippen MR) is 55.6 cm³/mol. The molecule has 2 rings (SSSR count). The van der Waals surface area contributed by atoms with Gasteiger partial charge >= 0.3 is 0 Å². The Morgan fingerprint density at radius 1 is 1.08 bits per heavy atom. The van der Waals surface area contributed by atoms with Gasteiger partial charge in [-0.05, 0) is 23.6 Å². The van der Waals surface area contributed by atoms with Crippen LogP contribution in [-0.4, -0.2) is 0 Å². The highest BCUT2D eigenvalue weighted by molar-refractivity contribution is 5.92. The van der Waals surface area contributed by atoms with Crippen LogP contribution < -0.4 is 5.73 Å². The molecule has 0 heterocycles. The number of halogens is 2. The fraction of sp³-hybridized carbons (Fsp3) is 0. The van der Waals surface area contributed by atoms with Gasteiger partial charge in [-0.2, -0.15) is 0 Å². The van der Waals surface area contributed by atoms with Gasteiger partial charge in [0.2, 0.25) is 0 Å². The summed E-state index contributed by atoms with van der Waals surface area (Å²) in [5.41, 5.74) is 6.28. The van der Waals surface area contributed by atoms with E-state index in [1.54, 1.807) is 12.1 Å². The first-order valence-corrected chi connectivity index (χ1v) is 3.71. The maximum absolute atomic E-state index is 12.8. The van der Waals surface area contributed by atoms with Crippen LogP contribution in [0.4, 0.5) is 10.1 Å². The molecule has 1 nitrogen and oxygen atoms in total. The minimum Gasteiger partial charge on any atom is -0.398 e. The van der Waals surface area contributed by atoms with Crippen molar-refractivity contribution in [2.45, 2.75) is 0 Å². The number of nitrogens with two attached hydrogens (primary N) is 1. The number of hydrogen-bond acceptors (Lipinski definition) is 1. The summed E-state index contributed by atoms with van der Waals surface area (Å²) in [4.78, 5) is 0. The van der Waals surface area contributed by atoms with Gasteiger partial charge in [0, 0.05) is 11.1 Å². The maximum atomic E-state index is 12.8. The zero-order chi connectivity index (χ0) is 8.55. The van der Waals surface area contributed by atoms with Crippen molar-refractivity contribution in [1.82, 2.24) is 0 Å². The molecule has 3 heteroatoms. The van der Waals surface area contributed by atoms with Crippen molar-refractivity contribution in [2.75, 3.05) is 5.73 Å². The van der Waals surface area contributed by atoms with Crippen LogP contribution in [0.25, 0.3) is 10.8 Å². The molecule has 0 fully saturated rings. The highest BCUT2D eigenvalue weighted by Crippen LogP contribution is 2.21. The Hall–Kier alpha value is -1.28. The van der Waals surface area contributed by atoms with Crippen LogP contribution in [0.1, 0.15) is 0 Å². The zero-order valence-corrected chi connectivity index (χ0v) is 7.64. The summed E-state index contributed by atoms with van der Waals surface area (Å²) in [6.45, 7) is 0. The van der Waals surface area contributed by atoms with E-state index in [0.717, 1.165) is 10.8 Å². The van der Waals surface area contributed by atoms with E-state index in [9.17, 15) is 4.39 Å². The third-order valence-corrected chi connectivity index (χ3v) is 1.88. The lowest BCUT2D eigenvalue weighted by atomic mass is 10.1. The largest absolute Gasteiger partial charge is 0.398 e. The third-order valence-electron chi connectivity index (χ3n) is 1.88. The Balaban J connectivity index is 0.000000845. The Morgan fingerprint density at radius 3 is 2.62 bits per heavy atom. The molecule has 0 atom stereocenters. The summed E-state index contributed by atoms with van der Waals surface area (Å²) in [7, 11) is 0. The second-order valence-corrected chi connectivity index (χ2v) is 2.71. The molecule has 2 N–H and O–H groups in total. The molecule has 0 unspecified atom stereocenters. The number of anilines is 1. The van der Waals surface area contributed by atoms with E-state index in [2.05, 4.69) is 0 Å². The van der Waals surface area contributed by atoms with Gasteiger partial charge in [0.15, 0.2) is 0 Å². The fourth-order valence-electron chi connectivity index (χ4n) is 1.27. The smallest absolute Gasteiger partial charge is 0.123 e. The highest BCUT2D eigenvalue weighted by atomic mass is 35.5. The molecule has 2 aromatic rings. The van der Waals surface area contributed by atoms with Gasteiger partial charge in [-0.15, -0.1) is 12.4 Å². The SMILES string of the molecule is Cl.Nc1cccc2ccc(F)cc12. The van der Waals surface area contributed by atoms with E-state index in [4.69, 9.17) is 5.73 Å². The summed E-state index contributed by atoms with van der Waals surface area (Å²) in [6.07, 6.45) is 0. The number of hydrogen-bond donors (Lipinski definition) is 1. The molecule has 0 aliphatic rings. The summed E-state index contributed by atoms with van der Waals surface area (Å²) in [6, 6.07) is 10.1. The minimum absolute atomic E-state index is 0. The van der Waals surface area contributed by atoms with Gasteiger partial charge in [0.1, 0.15) is 5.82 Å². The minimum atomic E-state index is -0.250. The summed E-state index contributed by atoms with van der Waals surface area (Å²) >= 11 is 0. The Labute approximate surface area is 81.8 Å². The van der Waals surface area contributed by atoms with Gasteiger partial charge in [-0.3, -0.25) is 0 Å². The molecule has 0 aromatic heterocycles. The van der Waals surface area contributed by atoms with Crippen molar-refractivity contribution >= 4 is 28.9 Å². The standard InChI is InChI=1S/C10H8FN.ClH/c11-8-5-4-7-2-1-3-10(12)9(7)6-8;/h1-6H,12H2;1H. The van der Waals surface area contributed by atoms with Gasteiger partial charge in [-0.1, -0.05) is 18.2 Å².